The van der Waals surface area contributed by atoms with Gasteiger partial charge < -0.3 is 30.6 Å². The topological polar surface area (TPSA) is 158 Å². The monoisotopic (exact) mass is 410 g/mol. The maximum Gasteiger partial charge on any atom is 0.329 e. The number of methoxy groups -OCH3 is 1. The Kier molecular flexibility index (Phi) is 4.38. The summed E-state index contributed by atoms with van der Waals surface area (Å²) in [7, 11) is 1.16. The van der Waals surface area contributed by atoms with E-state index in [2.05, 4.69) is 6.07 Å². The highest BCUT2D eigenvalue weighted by molar-refractivity contribution is 5.96. The van der Waals surface area contributed by atoms with E-state index < -0.39 is 41.2 Å². The molecule has 3 aliphatic rings. The molecule has 0 spiro atoms. The zero-order valence-corrected chi connectivity index (χ0v) is 15.9. The second kappa shape index (κ2) is 6.81. The molecule has 4 atom stereocenters. The zero-order valence-electron chi connectivity index (χ0n) is 15.9. The van der Waals surface area contributed by atoms with Gasteiger partial charge in [-0.25, -0.2) is 0 Å². The number of benzene rings is 1. The van der Waals surface area contributed by atoms with Crippen LogP contribution in [-0.2, 0) is 19.1 Å². The van der Waals surface area contributed by atoms with Gasteiger partial charge in [-0.2, -0.15) is 5.26 Å². The lowest BCUT2D eigenvalue weighted by atomic mass is 9.68. The van der Waals surface area contributed by atoms with Gasteiger partial charge in [-0.05, 0) is 23.8 Å². The number of carbonyl (C=O) groups excluding carboxylic acids is 3. The van der Waals surface area contributed by atoms with Crippen LogP contribution in [0.5, 0.6) is 11.5 Å². The lowest BCUT2D eigenvalue weighted by molar-refractivity contribution is -0.150. The molecule has 3 aliphatic heterocycles. The van der Waals surface area contributed by atoms with E-state index in [1.54, 1.807) is 18.2 Å². The molecule has 4 unspecified atom stereocenters. The van der Waals surface area contributed by atoms with Crippen LogP contribution in [0.25, 0.3) is 0 Å². The first-order chi connectivity index (χ1) is 14.3. The molecule has 1 saturated heterocycles. The summed E-state index contributed by atoms with van der Waals surface area (Å²) >= 11 is 0. The molecular formula is C20H18N4O6. The fraction of sp³-hybridized carbons (Fsp3) is 0.300. The van der Waals surface area contributed by atoms with Gasteiger partial charge in [0, 0.05) is 12.1 Å². The van der Waals surface area contributed by atoms with Gasteiger partial charge in [-0.3, -0.25) is 14.4 Å². The Hall–Kier alpha value is -4.00. The minimum absolute atomic E-state index is 0.0330. The summed E-state index contributed by atoms with van der Waals surface area (Å²) in [4.78, 5) is 38.7. The average molecular weight is 410 g/mol. The molecule has 0 bridgehead atoms. The van der Waals surface area contributed by atoms with Crippen LogP contribution in [0.15, 0.2) is 42.1 Å². The molecule has 30 heavy (non-hydrogen) atoms. The molecule has 4 rings (SSSR count). The molecule has 1 fully saturated rings. The van der Waals surface area contributed by atoms with Crippen molar-refractivity contribution in [2.75, 3.05) is 13.9 Å². The highest BCUT2D eigenvalue weighted by Gasteiger charge is 2.66. The van der Waals surface area contributed by atoms with Crippen LogP contribution < -0.4 is 20.9 Å². The van der Waals surface area contributed by atoms with Crippen molar-refractivity contribution in [2.24, 2.45) is 16.9 Å². The predicted octanol–water partition coefficient (Wildman–Crippen LogP) is -0.341. The lowest BCUT2D eigenvalue weighted by Gasteiger charge is -2.32. The summed E-state index contributed by atoms with van der Waals surface area (Å²) in [5.41, 5.74) is 9.85. The fourth-order valence-corrected chi connectivity index (χ4v) is 4.43. The summed E-state index contributed by atoms with van der Waals surface area (Å²) in [5, 5.41) is 10.2. The number of ether oxygens (including phenoxy) is 3. The average Bonchev–Trinajstić information content (AvgIpc) is 3.32. The Morgan fingerprint density at radius 2 is 2.00 bits per heavy atom. The Bertz CT molecular complexity index is 1060. The van der Waals surface area contributed by atoms with Crippen LogP contribution in [0.4, 0.5) is 0 Å². The van der Waals surface area contributed by atoms with Crippen molar-refractivity contribution >= 4 is 17.8 Å². The standard InChI is InChI=1S/C20H18N4O6/c1-28-19(27)20(8-21)14-5-3-11(17(22)25)7-24(14)16(18(23)26)15(20)10-2-4-12-13(6-10)30-9-29-12/h2-7,14-16H,9H2,1H3,(H2,22,25)(H2,23,26). The number of nitrogens with two attached hydrogens (primary N) is 2. The summed E-state index contributed by atoms with van der Waals surface area (Å²) in [6, 6.07) is 4.92. The first kappa shape index (κ1) is 19.3. The van der Waals surface area contributed by atoms with Crippen molar-refractivity contribution in [1.82, 2.24) is 4.90 Å². The van der Waals surface area contributed by atoms with E-state index in [9.17, 15) is 19.6 Å². The molecule has 0 aliphatic carbocycles. The van der Waals surface area contributed by atoms with Gasteiger partial charge in [0.1, 0.15) is 6.04 Å². The van der Waals surface area contributed by atoms with Gasteiger partial charge in [0.25, 0.3) is 0 Å². The first-order valence-corrected chi connectivity index (χ1v) is 9.01. The van der Waals surface area contributed by atoms with Crippen molar-refractivity contribution < 1.29 is 28.6 Å². The van der Waals surface area contributed by atoms with Crippen molar-refractivity contribution in [2.45, 2.75) is 18.0 Å². The number of rotatable bonds is 4. The lowest BCUT2D eigenvalue weighted by Crippen LogP contribution is -2.45. The Balaban J connectivity index is 1.96. The number of hydrogen-bond donors (Lipinski definition) is 2. The second-order valence-electron chi connectivity index (χ2n) is 7.11. The largest absolute Gasteiger partial charge is 0.468 e. The number of primary amides is 2. The predicted molar refractivity (Wildman–Crippen MR) is 100 cm³/mol. The molecule has 0 radical (unpaired) electrons. The maximum atomic E-state index is 13.0. The molecule has 2 amide bonds. The molecule has 154 valence electrons. The molecule has 10 nitrogen and oxygen atoms in total. The Labute approximate surface area is 171 Å². The normalized spacial score (nSPS) is 28.3. The van der Waals surface area contributed by atoms with Crippen LogP contribution in [-0.4, -0.2) is 48.7 Å². The van der Waals surface area contributed by atoms with Gasteiger partial charge in [0.15, 0.2) is 16.9 Å². The molecule has 1 aromatic carbocycles. The first-order valence-electron chi connectivity index (χ1n) is 9.01. The van der Waals surface area contributed by atoms with E-state index >= 15 is 0 Å². The van der Waals surface area contributed by atoms with Gasteiger partial charge >= 0.3 is 5.97 Å². The van der Waals surface area contributed by atoms with Crippen molar-refractivity contribution in [3.63, 3.8) is 0 Å². The fourth-order valence-electron chi connectivity index (χ4n) is 4.43. The molecule has 0 aromatic heterocycles. The van der Waals surface area contributed by atoms with Gasteiger partial charge in [-0.1, -0.05) is 12.1 Å². The minimum Gasteiger partial charge on any atom is -0.468 e. The molecule has 3 heterocycles. The van der Waals surface area contributed by atoms with Gasteiger partial charge in [0.2, 0.25) is 18.6 Å². The van der Waals surface area contributed by atoms with Gasteiger partial charge in [0.05, 0.1) is 24.8 Å². The van der Waals surface area contributed by atoms with E-state index in [0.29, 0.717) is 17.1 Å². The van der Waals surface area contributed by atoms with Crippen LogP contribution in [0.3, 0.4) is 0 Å². The molecule has 10 heteroatoms. The third-order valence-electron chi connectivity index (χ3n) is 5.70. The quantitative estimate of drug-likeness (QED) is 0.638. The Morgan fingerprint density at radius 1 is 1.27 bits per heavy atom. The van der Waals surface area contributed by atoms with Crippen LogP contribution in [0.1, 0.15) is 11.5 Å². The number of carbonyl (C=O) groups is 3. The summed E-state index contributed by atoms with van der Waals surface area (Å²) < 4.78 is 15.7. The third kappa shape index (κ3) is 2.52. The molecule has 0 saturated carbocycles. The van der Waals surface area contributed by atoms with E-state index in [0.717, 1.165) is 7.11 Å². The number of nitrogens with zero attached hydrogens (tertiary/aromatic N) is 2. The van der Waals surface area contributed by atoms with E-state index in [4.69, 9.17) is 25.7 Å². The van der Waals surface area contributed by atoms with Crippen molar-refractivity contribution in [3.8, 4) is 17.6 Å². The zero-order chi connectivity index (χ0) is 21.6. The van der Waals surface area contributed by atoms with Crippen LogP contribution in [0.2, 0.25) is 0 Å². The van der Waals surface area contributed by atoms with Crippen molar-refractivity contribution in [1.29, 1.82) is 5.26 Å². The summed E-state index contributed by atoms with van der Waals surface area (Å²) in [6.07, 6.45) is 4.26. The Morgan fingerprint density at radius 3 is 2.63 bits per heavy atom. The highest BCUT2D eigenvalue weighted by Crippen LogP contribution is 2.54. The molecular weight excluding hydrogens is 392 g/mol. The summed E-state index contributed by atoms with van der Waals surface area (Å²) in [6.45, 7) is 0.0330. The van der Waals surface area contributed by atoms with E-state index in [1.807, 2.05) is 0 Å². The number of hydrogen-bond acceptors (Lipinski definition) is 8. The maximum absolute atomic E-state index is 13.0. The number of esters is 1. The molecule has 1 aromatic rings. The van der Waals surface area contributed by atoms with Crippen LogP contribution >= 0.6 is 0 Å². The SMILES string of the molecule is COC(=O)C1(C#N)C(c2ccc3c(c2)OCO3)C(C(N)=O)N2C=C(C(N)=O)C=CC21. The van der Waals surface area contributed by atoms with Gasteiger partial charge in [-0.15, -0.1) is 0 Å². The highest BCUT2D eigenvalue weighted by atomic mass is 16.7. The number of fused-ring (bicyclic) bond motifs is 2. The third-order valence-corrected chi connectivity index (χ3v) is 5.70. The van der Waals surface area contributed by atoms with E-state index in [-0.39, 0.29) is 12.4 Å². The van der Waals surface area contributed by atoms with Crippen LogP contribution in [0, 0.1) is 16.7 Å². The number of amides is 2. The summed E-state index contributed by atoms with van der Waals surface area (Å²) in [5.74, 6) is -2.42. The van der Waals surface area contributed by atoms with Crippen molar-refractivity contribution in [3.05, 3.63) is 47.7 Å². The molecule has 4 N–H and O–H groups in total. The second-order valence-corrected chi connectivity index (χ2v) is 7.11. The number of nitriles is 1. The van der Waals surface area contributed by atoms with E-state index in [1.165, 1.54) is 23.3 Å². The minimum atomic E-state index is -1.82. The smallest absolute Gasteiger partial charge is 0.329 e.